The Bertz CT molecular complexity index is 1550. The Morgan fingerprint density at radius 2 is 1.76 bits per heavy atom. The molecule has 0 bridgehead atoms. The molecule has 8 nitrogen and oxygen atoms in total. The molecule has 0 saturated heterocycles. The second-order valence-corrected chi connectivity index (χ2v) is 10.1. The van der Waals surface area contributed by atoms with E-state index in [1.165, 1.54) is 6.07 Å². The highest BCUT2D eigenvalue weighted by Crippen LogP contribution is 2.29. The Morgan fingerprint density at radius 3 is 2.41 bits per heavy atom. The van der Waals surface area contributed by atoms with Crippen LogP contribution in [-0.4, -0.2) is 24.2 Å². The molecule has 0 aliphatic rings. The van der Waals surface area contributed by atoms with E-state index in [9.17, 15) is 23.3 Å². The van der Waals surface area contributed by atoms with Crippen LogP contribution in [-0.2, 0) is 16.4 Å². The van der Waals surface area contributed by atoms with Crippen molar-refractivity contribution >= 4 is 55.7 Å². The van der Waals surface area contributed by atoms with Crippen LogP contribution >= 0.6 is 23.2 Å². The minimum absolute atomic E-state index is 0.139. The molecule has 11 heteroatoms. The first-order valence-electron chi connectivity index (χ1n) is 9.92. The van der Waals surface area contributed by atoms with Gasteiger partial charge < -0.3 is 4.98 Å². The van der Waals surface area contributed by atoms with Gasteiger partial charge in [-0.1, -0.05) is 29.3 Å². The number of aromatic nitrogens is 1. The van der Waals surface area contributed by atoms with E-state index in [-0.39, 0.29) is 16.1 Å². The number of nitro benzene ring substituents is 1. The number of fused-ring (bicyclic) bond motifs is 1. The van der Waals surface area contributed by atoms with Crippen LogP contribution in [0.25, 0.3) is 10.9 Å². The molecule has 0 unspecified atom stereocenters. The number of rotatable bonds is 6. The molecule has 4 aromatic rings. The molecule has 1 heterocycles. The number of benzene rings is 3. The number of hydrogen-bond acceptors (Lipinski definition) is 5. The van der Waals surface area contributed by atoms with Crippen LogP contribution in [0.5, 0.6) is 0 Å². The maximum atomic E-state index is 12.8. The van der Waals surface area contributed by atoms with Gasteiger partial charge in [-0.25, -0.2) is 13.1 Å². The van der Waals surface area contributed by atoms with Gasteiger partial charge in [0.15, 0.2) is 0 Å². The number of sulfonamides is 1. The van der Waals surface area contributed by atoms with E-state index in [1.807, 2.05) is 17.7 Å². The molecular formula is C23H17Cl2N3O5S. The first-order valence-corrected chi connectivity index (χ1v) is 12.2. The fourth-order valence-electron chi connectivity index (χ4n) is 3.59. The Hall–Kier alpha value is -3.40. The SMILES string of the molecule is Cc1[nH]c2ccc(C(=O)NS(=O)(=O)c3ccc([N+](=O)[O-])cc3)cc2c1Cc1ccc(Cl)cc1Cl. The highest BCUT2D eigenvalue weighted by atomic mass is 35.5. The molecule has 34 heavy (non-hydrogen) atoms. The number of nitro groups is 1. The van der Waals surface area contributed by atoms with Gasteiger partial charge in [0.1, 0.15) is 0 Å². The van der Waals surface area contributed by atoms with Crippen molar-refractivity contribution in [3.8, 4) is 0 Å². The van der Waals surface area contributed by atoms with Crippen molar-refractivity contribution in [2.24, 2.45) is 0 Å². The third kappa shape index (κ3) is 4.77. The lowest BCUT2D eigenvalue weighted by Crippen LogP contribution is -2.30. The van der Waals surface area contributed by atoms with Gasteiger partial charge in [0.05, 0.1) is 9.82 Å². The van der Waals surface area contributed by atoms with E-state index in [4.69, 9.17) is 23.2 Å². The second kappa shape index (κ2) is 9.09. The Kier molecular flexibility index (Phi) is 6.35. The van der Waals surface area contributed by atoms with Crippen molar-refractivity contribution in [1.82, 2.24) is 9.71 Å². The van der Waals surface area contributed by atoms with E-state index in [1.54, 1.807) is 24.3 Å². The Balaban J connectivity index is 1.63. The minimum Gasteiger partial charge on any atom is -0.358 e. The number of H-pyrrole nitrogens is 1. The lowest BCUT2D eigenvalue weighted by atomic mass is 10.0. The molecule has 0 aliphatic heterocycles. The fourth-order valence-corrected chi connectivity index (χ4v) is 5.04. The van der Waals surface area contributed by atoms with Gasteiger partial charge in [0, 0.05) is 50.8 Å². The smallest absolute Gasteiger partial charge is 0.269 e. The average Bonchev–Trinajstić information content (AvgIpc) is 3.09. The quantitative estimate of drug-likeness (QED) is 0.261. The second-order valence-electron chi connectivity index (χ2n) is 7.59. The Morgan fingerprint density at radius 1 is 1.06 bits per heavy atom. The van der Waals surface area contributed by atoms with E-state index < -0.39 is 20.9 Å². The van der Waals surface area contributed by atoms with Crippen molar-refractivity contribution in [1.29, 1.82) is 0 Å². The predicted octanol–water partition coefficient (Wildman–Crippen LogP) is 5.40. The summed E-state index contributed by atoms with van der Waals surface area (Å²) in [5, 5.41) is 12.6. The van der Waals surface area contributed by atoms with Crippen LogP contribution in [0.15, 0.2) is 65.6 Å². The summed E-state index contributed by atoms with van der Waals surface area (Å²) in [4.78, 5) is 25.9. The summed E-state index contributed by atoms with van der Waals surface area (Å²) >= 11 is 12.3. The number of hydrogen-bond donors (Lipinski definition) is 2. The van der Waals surface area contributed by atoms with E-state index in [0.29, 0.717) is 16.5 Å². The molecule has 0 radical (unpaired) electrons. The molecular weight excluding hydrogens is 501 g/mol. The molecule has 0 spiro atoms. The monoisotopic (exact) mass is 517 g/mol. The number of non-ortho nitro benzene ring substituents is 1. The predicted molar refractivity (Wildman–Crippen MR) is 130 cm³/mol. The largest absolute Gasteiger partial charge is 0.358 e. The summed E-state index contributed by atoms with van der Waals surface area (Å²) in [5.41, 5.74) is 3.31. The zero-order valence-electron chi connectivity index (χ0n) is 17.6. The number of nitrogens with one attached hydrogen (secondary N) is 2. The average molecular weight is 518 g/mol. The van der Waals surface area contributed by atoms with Crippen LogP contribution in [0.2, 0.25) is 10.0 Å². The summed E-state index contributed by atoms with van der Waals surface area (Å²) in [6.45, 7) is 1.90. The summed E-state index contributed by atoms with van der Waals surface area (Å²) in [6.07, 6.45) is 0.480. The van der Waals surface area contributed by atoms with Crippen molar-refractivity contribution < 1.29 is 18.1 Å². The van der Waals surface area contributed by atoms with Crippen LogP contribution in [0, 0.1) is 17.0 Å². The van der Waals surface area contributed by atoms with Crippen LogP contribution in [0.3, 0.4) is 0 Å². The standard InChI is InChI=1S/C23H17Cl2N3O5S/c1-13-19(10-14-2-4-16(24)12-21(14)25)20-11-15(3-9-22(20)26-13)23(29)27-34(32,33)18-7-5-17(6-8-18)28(30)31/h2-9,11-12,26H,10H2,1H3,(H,27,29). The highest BCUT2D eigenvalue weighted by molar-refractivity contribution is 7.90. The van der Waals surface area contributed by atoms with Gasteiger partial charge in [-0.05, 0) is 60.5 Å². The van der Waals surface area contributed by atoms with Crippen molar-refractivity contribution in [3.63, 3.8) is 0 Å². The van der Waals surface area contributed by atoms with E-state index >= 15 is 0 Å². The molecule has 2 N–H and O–H groups in total. The zero-order chi connectivity index (χ0) is 24.6. The van der Waals surface area contributed by atoms with Crippen LogP contribution in [0.1, 0.15) is 27.2 Å². The lowest BCUT2D eigenvalue weighted by molar-refractivity contribution is -0.384. The summed E-state index contributed by atoms with van der Waals surface area (Å²) in [7, 11) is -4.23. The lowest BCUT2D eigenvalue weighted by Gasteiger charge is -2.08. The maximum Gasteiger partial charge on any atom is 0.269 e. The minimum atomic E-state index is -4.23. The third-order valence-corrected chi connectivity index (χ3v) is 7.28. The number of nitrogens with zero attached hydrogens (tertiary/aromatic N) is 1. The topological polar surface area (TPSA) is 122 Å². The molecule has 0 atom stereocenters. The molecule has 0 fully saturated rings. The molecule has 1 aromatic heterocycles. The number of carbonyl (C=O) groups is 1. The first kappa shape index (κ1) is 23.7. The number of aryl methyl sites for hydroxylation is 1. The number of amides is 1. The first-order chi connectivity index (χ1) is 16.0. The zero-order valence-corrected chi connectivity index (χ0v) is 20.0. The molecule has 4 rings (SSSR count). The summed E-state index contributed by atoms with van der Waals surface area (Å²) in [6, 6.07) is 14.3. The molecule has 0 aliphatic carbocycles. The number of halogens is 2. The molecule has 0 saturated carbocycles. The third-order valence-electron chi connectivity index (χ3n) is 5.35. The van der Waals surface area contributed by atoms with Gasteiger partial charge >= 0.3 is 0 Å². The summed E-state index contributed by atoms with van der Waals surface area (Å²) in [5.74, 6) is -0.824. The molecule has 3 aromatic carbocycles. The van der Waals surface area contributed by atoms with Gasteiger partial charge in [-0.3, -0.25) is 14.9 Å². The van der Waals surface area contributed by atoms with Crippen molar-refractivity contribution in [2.45, 2.75) is 18.2 Å². The van der Waals surface area contributed by atoms with Crippen LogP contribution < -0.4 is 4.72 Å². The fraction of sp³-hybridized carbons (Fsp3) is 0.0870. The van der Waals surface area contributed by atoms with E-state index in [2.05, 4.69) is 4.98 Å². The van der Waals surface area contributed by atoms with Crippen LogP contribution in [0.4, 0.5) is 5.69 Å². The van der Waals surface area contributed by atoms with Gasteiger partial charge in [0.2, 0.25) is 0 Å². The molecule has 174 valence electrons. The van der Waals surface area contributed by atoms with E-state index in [0.717, 1.165) is 52.0 Å². The number of aromatic amines is 1. The van der Waals surface area contributed by atoms with Gasteiger partial charge in [-0.2, -0.15) is 0 Å². The summed E-state index contributed by atoms with van der Waals surface area (Å²) < 4.78 is 27.2. The van der Waals surface area contributed by atoms with Gasteiger partial charge in [0.25, 0.3) is 21.6 Å². The molecule has 1 amide bonds. The highest BCUT2D eigenvalue weighted by Gasteiger charge is 2.21. The number of carbonyl (C=O) groups excluding carboxylic acids is 1. The normalized spacial score (nSPS) is 11.5. The Labute approximate surface area is 204 Å². The van der Waals surface area contributed by atoms with Crippen molar-refractivity contribution in [3.05, 3.63) is 103 Å². The van der Waals surface area contributed by atoms with Gasteiger partial charge in [-0.15, -0.1) is 0 Å². The van der Waals surface area contributed by atoms with Crippen molar-refractivity contribution in [2.75, 3.05) is 0 Å². The maximum absolute atomic E-state index is 12.8.